The zero-order valence-electron chi connectivity index (χ0n) is 17.7. The smallest absolute Gasteiger partial charge is 0.370 e. The number of nitrogens with zero attached hydrogens (tertiary/aromatic N) is 1. The average molecular weight is 476 g/mol. The third-order valence-corrected chi connectivity index (χ3v) is 5.59. The summed E-state index contributed by atoms with van der Waals surface area (Å²) >= 11 is 0. The number of primary amides is 1. The van der Waals surface area contributed by atoms with Gasteiger partial charge in [0.2, 0.25) is 15.9 Å². The van der Waals surface area contributed by atoms with Gasteiger partial charge in [-0.05, 0) is 43.5 Å². The quantitative estimate of drug-likeness (QED) is 0.482. The molecule has 1 atom stereocenters. The number of carbonyl (C=O) groups is 1. The molecule has 1 aromatic carbocycles. The Balaban J connectivity index is 2.45. The highest BCUT2D eigenvalue weighted by Gasteiger charge is 2.37. The minimum atomic E-state index is -4.64. The molecule has 1 unspecified atom stereocenters. The third-order valence-electron chi connectivity index (χ3n) is 4.92. The van der Waals surface area contributed by atoms with E-state index in [1.54, 1.807) is 6.92 Å². The highest BCUT2D eigenvalue weighted by atomic mass is 32.2. The maximum absolute atomic E-state index is 14.6. The molecule has 1 heterocycles. The Bertz CT molecular complexity index is 1110. The average Bonchev–Trinajstić information content (AvgIpc) is 2.66. The van der Waals surface area contributed by atoms with E-state index >= 15 is 0 Å². The summed E-state index contributed by atoms with van der Waals surface area (Å²) in [7, 11) is -3.54. The molecular weight excluding hydrogens is 452 g/mol. The number of nitrogens with two attached hydrogens (primary N) is 1. The fourth-order valence-corrected chi connectivity index (χ4v) is 3.48. The molecule has 7 nitrogen and oxygen atoms in total. The number of rotatable bonds is 9. The number of hydrogen-bond acceptors (Lipinski definition) is 5. The van der Waals surface area contributed by atoms with E-state index in [2.05, 4.69) is 15.0 Å². The van der Waals surface area contributed by atoms with Crippen molar-refractivity contribution >= 4 is 21.7 Å². The molecule has 0 fully saturated rings. The van der Waals surface area contributed by atoms with Gasteiger partial charge in [-0.15, -0.1) is 0 Å². The lowest BCUT2D eigenvalue weighted by molar-refractivity contribution is -0.141. The van der Waals surface area contributed by atoms with E-state index in [4.69, 9.17) is 5.73 Å². The lowest BCUT2D eigenvalue weighted by Crippen LogP contribution is -2.41. The van der Waals surface area contributed by atoms with Crippen molar-refractivity contribution in [2.45, 2.75) is 38.4 Å². The number of alkyl halides is 3. The molecule has 0 saturated heterocycles. The van der Waals surface area contributed by atoms with Crippen molar-refractivity contribution in [1.82, 2.24) is 9.71 Å². The van der Waals surface area contributed by atoms with Crippen molar-refractivity contribution in [1.29, 1.82) is 0 Å². The molecule has 0 bridgehead atoms. The molecule has 0 aliphatic rings. The zero-order valence-corrected chi connectivity index (χ0v) is 18.5. The van der Waals surface area contributed by atoms with Gasteiger partial charge in [0.1, 0.15) is 17.3 Å². The third kappa shape index (κ3) is 6.16. The summed E-state index contributed by atoms with van der Waals surface area (Å²) in [6.45, 7) is 3.13. The summed E-state index contributed by atoms with van der Waals surface area (Å²) in [6, 6.07) is 5.82. The van der Waals surface area contributed by atoms with Crippen LogP contribution in [0.3, 0.4) is 0 Å². The van der Waals surface area contributed by atoms with E-state index in [1.807, 2.05) is 0 Å². The van der Waals surface area contributed by atoms with E-state index < -0.39 is 39.0 Å². The zero-order chi connectivity index (χ0) is 24.3. The fourth-order valence-electron chi connectivity index (χ4n) is 3.06. The molecule has 176 valence electrons. The predicted octanol–water partition coefficient (Wildman–Crippen LogP) is 2.71. The van der Waals surface area contributed by atoms with Crippen LogP contribution < -0.4 is 15.8 Å². The number of carbonyl (C=O) groups excluding carboxylic acids is 1. The molecule has 1 aromatic heterocycles. The van der Waals surface area contributed by atoms with Crippen LogP contribution in [0.15, 0.2) is 30.3 Å². The van der Waals surface area contributed by atoms with Crippen molar-refractivity contribution in [2.24, 2.45) is 5.73 Å². The summed E-state index contributed by atoms with van der Waals surface area (Å²) in [4.78, 5) is 16.0. The van der Waals surface area contributed by atoms with Crippen molar-refractivity contribution < 1.29 is 30.8 Å². The number of benzene rings is 1. The van der Waals surface area contributed by atoms with Gasteiger partial charge in [-0.3, -0.25) is 4.79 Å². The summed E-state index contributed by atoms with van der Waals surface area (Å²) < 4.78 is 78.4. The van der Waals surface area contributed by atoms with Crippen LogP contribution in [-0.4, -0.2) is 32.1 Å². The molecule has 0 aliphatic heterocycles. The highest BCUT2D eigenvalue weighted by Crippen LogP contribution is 2.34. The van der Waals surface area contributed by atoms with Crippen LogP contribution in [0.5, 0.6) is 0 Å². The second kappa shape index (κ2) is 9.41. The first-order chi connectivity index (χ1) is 14.7. The molecular formula is C20H24F4N4O3S. The van der Waals surface area contributed by atoms with Crippen LogP contribution in [0.4, 0.5) is 23.4 Å². The SMILES string of the molecule is CCNc1nc(C(F)(F)F)ccc1CC(C)(C(N)=O)c1ccc(CNS(C)(=O)=O)c(F)c1. The summed E-state index contributed by atoms with van der Waals surface area (Å²) in [5, 5.41) is 2.75. The minimum Gasteiger partial charge on any atom is -0.370 e. The van der Waals surface area contributed by atoms with E-state index in [1.165, 1.54) is 25.1 Å². The number of nitrogens with one attached hydrogen (secondary N) is 2. The van der Waals surface area contributed by atoms with Gasteiger partial charge in [0.05, 0.1) is 11.7 Å². The van der Waals surface area contributed by atoms with Gasteiger partial charge in [0, 0.05) is 18.7 Å². The molecule has 0 saturated carbocycles. The first-order valence-electron chi connectivity index (χ1n) is 9.52. The molecule has 2 rings (SSSR count). The highest BCUT2D eigenvalue weighted by molar-refractivity contribution is 7.88. The van der Waals surface area contributed by atoms with Gasteiger partial charge < -0.3 is 11.1 Å². The normalized spacial score (nSPS) is 14.1. The molecule has 32 heavy (non-hydrogen) atoms. The van der Waals surface area contributed by atoms with Gasteiger partial charge in [0.25, 0.3) is 0 Å². The van der Waals surface area contributed by atoms with E-state index in [0.717, 1.165) is 18.4 Å². The van der Waals surface area contributed by atoms with Gasteiger partial charge in [-0.25, -0.2) is 22.5 Å². The van der Waals surface area contributed by atoms with Crippen LogP contribution >= 0.6 is 0 Å². The van der Waals surface area contributed by atoms with E-state index in [-0.39, 0.29) is 36.5 Å². The standard InChI is InChI=1S/C20H24F4N4O3S/c1-4-26-17-12(6-8-16(28-17)20(22,23)24)10-19(2,18(25)29)14-7-5-13(15(21)9-14)11-27-32(3,30)31/h5-9,27H,4,10-11H2,1-3H3,(H2,25,29)(H,26,28). The first kappa shape index (κ1) is 25.5. The number of aromatic nitrogens is 1. The van der Waals surface area contributed by atoms with Gasteiger partial charge in [-0.2, -0.15) is 13.2 Å². The molecule has 0 radical (unpaired) electrons. The lowest BCUT2D eigenvalue weighted by Gasteiger charge is -2.28. The number of halogens is 4. The summed E-state index contributed by atoms with van der Waals surface area (Å²) in [5.41, 5.74) is 3.57. The number of pyridine rings is 1. The predicted molar refractivity (Wildman–Crippen MR) is 112 cm³/mol. The van der Waals surface area contributed by atoms with Gasteiger partial charge >= 0.3 is 6.18 Å². The largest absolute Gasteiger partial charge is 0.433 e. The van der Waals surface area contributed by atoms with Crippen LogP contribution in [0.1, 0.15) is 36.2 Å². The van der Waals surface area contributed by atoms with Crippen LogP contribution in [0, 0.1) is 5.82 Å². The Morgan fingerprint density at radius 1 is 1.16 bits per heavy atom. The lowest BCUT2D eigenvalue weighted by atomic mass is 9.76. The maximum atomic E-state index is 14.6. The summed E-state index contributed by atoms with van der Waals surface area (Å²) in [6.07, 6.45) is -3.85. The van der Waals surface area contributed by atoms with Crippen LogP contribution in [-0.2, 0) is 39.4 Å². The topological polar surface area (TPSA) is 114 Å². The van der Waals surface area contributed by atoms with Crippen LogP contribution in [0.2, 0.25) is 0 Å². The molecule has 12 heteroatoms. The van der Waals surface area contributed by atoms with Gasteiger partial charge in [0.15, 0.2) is 0 Å². The van der Waals surface area contributed by atoms with Crippen molar-refractivity contribution in [2.75, 3.05) is 18.1 Å². The molecule has 2 aromatic rings. The number of anilines is 1. The Labute approximate surface area is 183 Å². The fraction of sp³-hybridized carbons (Fsp3) is 0.400. The summed E-state index contributed by atoms with van der Waals surface area (Å²) in [5.74, 6) is -1.63. The van der Waals surface area contributed by atoms with Gasteiger partial charge in [-0.1, -0.05) is 18.2 Å². The number of amides is 1. The van der Waals surface area contributed by atoms with E-state index in [0.29, 0.717) is 5.56 Å². The van der Waals surface area contributed by atoms with E-state index in [9.17, 15) is 30.8 Å². The van der Waals surface area contributed by atoms with Crippen molar-refractivity contribution in [3.8, 4) is 0 Å². The second-order valence-corrected chi connectivity index (χ2v) is 9.34. The Morgan fingerprint density at radius 2 is 1.78 bits per heavy atom. The second-order valence-electron chi connectivity index (χ2n) is 7.50. The molecule has 0 aliphatic carbocycles. The minimum absolute atomic E-state index is 0.0514. The molecule has 0 spiro atoms. The molecule has 4 N–H and O–H groups in total. The Kier molecular flexibility index (Phi) is 7.51. The monoisotopic (exact) mass is 476 g/mol. The molecule has 1 amide bonds. The van der Waals surface area contributed by atoms with Crippen molar-refractivity contribution in [3.63, 3.8) is 0 Å². The Morgan fingerprint density at radius 3 is 2.28 bits per heavy atom. The number of hydrogen-bond donors (Lipinski definition) is 3. The number of sulfonamides is 1. The van der Waals surface area contributed by atoms with Crippen molar-refractivity contribution in [3.05, 3.63) is 58.5 Å². The first-order valence-corrected chi connectivity index (χ1v) is 11.4. The van der Waals surface area contributed by atoms with Crippen LogP contribution in [0.25, 0.3) is 0 Å². The Hall–Kier alpha value is -2.73. The maximum Gasteiger partial charge on any atom is 0.433 e.